The number of nitrogens with zero attached hydrogens (tertiary/aromatic N) is 1. The zero-order valence-electron chi connectivity index (χ0n) is 14.4. The van der Waals surface area contributed by atoms with Gasteiger partial charge in [-0.1, -0.05) is 30.3 Å². The summed E-state index contributed by atoms with van der Waals surface area (Å²) in [5.41, 5.74) is 0.272. The molecule has 5 heteroatoms. The van der Waals surface area contributed by atoms with Gasteiger partial charge in [-0.15, -0.1) is 0 Å². The van der Waals surface area contributed by atoms with Gasteiger partial charge >= 0.3 is 7.12 Å². The molecule has 1 saturated heterocycles. The molecule has 120 valence electrons. The third-order valence-electron chi connectivity index (χ3n) is 4.72. The number of amides is 1. The van der Waals surface area contributed by atoms with Gasteiger partial charge in [0.1, 0.15) is 0 Å². The van der Waals surface area contributed by atoms with E-state index in [-0.39, 0.29) is 11.7 Å². The largest absolute Gasteiger partial charge is 0.466 e. The summed E-state index contributed by atoms with van der Waals surface area (Å²) >= 11 is 0. The quantitative estimate of drug-likeness (QED) is 0.803. The lowest BCUT2D eigenvalue weighted by Crippen LogP contribution is -2.41. The Kier molecular flexibility index (Phi) is 4.69. The molecule has 0 saturated carbocycles. The third kappa shape index (κ3) is 3.36. The number of carbonyl (C=O) groups is 1. The van der Waals surface area contributed by atoms with Gasteiger partial charge in [0.15, 0.2) is 0 Å². The molecule has 1 aliphatic heterocycles. The zero-order valence-corrected chi connectivity index (χ0v) is 14.4. The van der Waals surface area contributed by atoms with Crippen LogP contribution in [-0.4, -0.2) is 43.2 Å². The normalized spacial score (nSPS) is 20.7. The van der Waals surface area contributed by atoms with Crippen LogP contribution in [0, 0.1) is 0 Å². The fourth-order valence-corrected chi connectivity index (χ4v) is 2.50. The second-order valence-corrected chi connectivity index (χ2v) is 7.13. The Morgan fingerprint density at radius 2 is 1.59 bits per heavy atom. The van der Waals surface area contributed by atoms with Crippen LogP contribution in [0.4, 0.5) is 0 Å². The fraction of sp³-hybridized carbons (Fsp3) is 0.588. The first-order valence-electron chi connectivity index (χ1n) is 7.75. The molecule has 1 fully saturated rings. The van der Waals surface area contributed by atoms with Crippen LogP contribution in [-0.2, 0) is 14.1 Å². The van der Waals surface area contributed by atoms with Crippen LogP contribution in [0.2, 0.25) is 0 Å². The van der Waals surface area contributed by atoms with Crippen LogP contribution in [0.25, 0.3) is 0 Å². The molecule has 1 aromatic rings. The molecule has 0 bridgehead atoms. The summed E-state index contributed by atoms with van der Waals surface area (Å²) in [5, 5.41) is 0. The van der Waals surface area contributed by atoms with E-state index >= 15 is 0 Å². The highest BCUT2D eigenvalue weighted by atomic mass is 16.7. The van der Waals surface area contributed by atoms with Gasteiger partial charge in [-0.3, -0.25) is 4.79 Å². The lowest BCUT2D eigenvalue weighted by molar-refractivity contribution is -0.128. The summed E-state index contributed by atoms with van der Waals surface area (Å²) in [4.78, 5) is 13.8. The minimum absolute atomic E-state index is 0.0727. The van der Waals surface area contributed by atoms with Crippen molar-refractivity contribution in [2.45, 2.75) is 51.1 Å². The Bertz CT molecular complexity index is 512. The molecule has 0 unspecified atom stereocenters. The van der Waals surface area contributed by atoms with E-state index in [0.29, 0.717) is 6.42 Å². The maximum absolute atomic E-state index is 12.2. The first kappa shape index (κ1) is 17.0. The SMILES string of the molecule is CN(C)C(=O)C[C@H](B1OC(C)(C)C(C)(C)O1)c1ccccc1. The molecule has 0 radical (unpaired) electrons. The molecule has 1 amide bonds. The van der Waals surface area contributed by atoms with Gasteiger partial charge in [0, 0.05) is 26.3 Å². The molecular weight excluding hydrogens is 277 g/mol. The van der Waals surface area contributed by atoms with Crippen molar-refractivity contribution in [2.75, 3.05) is 14.1 Å². The van der Waals surface area contributed by atoms with E-state index in [0.717, 1.165) is 5.56 Å². The fourth-order valence-electron chi connectivity index (χ4n) is 2.50. The van der Waals surface area contributed by atoms with Gasteiger partial charge in [-0.2, -0.15) is 0 Å². The second kappa shape index (κ2) is 6.05. The summed E-state index contributed by atoms with van der Waals surface area (Å²) in [6, 6.07) is 9.98. The smallest absolute Gasteiger partial charge is 0.403 e. The van der Waals surface area contributed by atoms with Gasteiger partial charge < -0.3 is 14.2 Å². The van der Waals surface area contributed by atoms with E-state index in [1.54, 1.807) is 19.0 Å². The number of carbonyl (C=O) groups excluding carboxylic acids is 1. The molecule has 1 aromatic carbocycles. The summed E-state index contributed by atoms with van der Waals surface area (Å²) in [6.07, 6.45) is 0.369. The van der Waals surface area contributed by atoms with E-state index < -0.39 is 18.3 Å². The van der Waals surface area contributed by atoms with Gasteiger partial charge in [-0.25, -0.2) is 0 Å². The Morgan fingerprint density at radius 1 is 1.09 bits per heavy atom. The predicted octanol–water partition coefficient (Wildman–Crippen LogP) is 2.88. The monoisotopic (exact) mass is 303 g/mol. The van der Waals surface area contributed by atoms with Gasteiger partial charge in [-0.05, 0) is 33.3 Å². The van der Waals surface area contributed by atoms with Crippen LogP contribution in [0.1, 0.15) is 45.5 Å². The maximum atomic E-state index is 12.2. The summed E-state index contributed by atoms with van der Waals surface area (Å²) in [7, 11) is 3.12. The highest BCUT2D eigenvalue weighted by Gasteiger charge is 2.54. The van der Waals surface area contributed by atoms with Crippen molar-refractivity contribution < 1.29 is 14.1 Å². The average Bonchev–Trinajstić information content (AvgIpc) is 2.65. The molecule has 4 nitrogen and oxygen atoms in total. The Hall–Kier alpha value is -1.33. The summed E-state index contributed by atoms with van der Waals surface area (Å²) in [5.74, 6) is -0.0410. The Labute approximate surface area is 133 Å². The van der Waals surface area contributed by atoms with Crippen molar-refractivity contribution in [3.63, 3.8) is 0 Å². The van der Waals surface area contributed by atoms with Crippen LogP contribution in [0.3, 0.4) is 0 Å². The number of benzene rings is 1. The minimum atomic E-state index is -0.420. The van der Waals surface area contributed by atoms with Gasteiger partial charge in [0.25, 0.3) is 0 Å². The van der Waals surface area contributed by atoms with Crippen LogP contribution < -0.4 is 0 Å². The molecular formula is C17H26BNO3. The highest BCUT2D eigenvalue weighted by molar-refractivity contribution is 6.48. The van der Waals surface area contributed by atoms with Crippen molar-refractivity contribution >= 4 is 13.0 Å². The van der Waals surface area contributed by atoms with Crippen molar-refractivity contribution in [1.29, 1.82) is 0 Å². The van der Waals surface area contributed by atoms with E-state index in [2.05, 4.69) is 0 Å². The lowest BCUT2D eigenvalue weighted by Gasteiger charge is -2.32. The number of hydrogen-bond acceptors (Lipinski definition) is 3. The average molecular weight is 303 g/mol. The van der Waals surface area contributed by atoms with Crippen LogP contribution >= 0.6 is 0 Å². The minimum Gasteiger partial charge on any atom is -0.403 e. The van der Waals surface area contributed by atoms with Crippen LogP contribution in [0.15, 0.2) is 30.3 Å². The van der Waals surface area contributed by atoms with E-state index in [1.807, 2.05) is 58.0 Å². The first-order chi connectivity index (χ1) is 10.1. The van der Waals surface area contributed by atoms with E-state index in [1.165, 1.54) is 0 Å². The summed E-state index contributed by atoms with van der Waals surface area (Å²) < 4.78 is 12.3. The molecule has 1 heterocycles. The van der Waals surface area contributed by atoms with E-state index in [9.17, 15) is 4.79 Å². The maximum Gasteiger partial charge on any atom is 0.466 e. The van der Waals surface area contributed by atoms with Gasteiger partial charge in [0.2, 0.25) is 5.91 Å². The van der Waals surface area contributed by atoms with Crippen molar-refractivity contribution in [1.82, 2.24) is 4.90 Å². The van der Waals surface area contributed by atoms with Crippen molar-refractivity contribution in [2.24, 2.45) is 0 Å². The van der Waals surface area contributed by atoms with Crippen molar-refractivity contribution in [3.8, 4) is 0 Å². The molecule has 0 aromatic heterocycles. The first-order valence-corrected chi connectivity index (χ1v) is 7.75. The number of hydrogen-bond donors (Lipinski definition) is 0. The molecule has 1 aliphatic rings. The summed E-state index contributed by atoms with van der Waals surface area (Å²) in [6.45, 7) is 8.12. The highest BCUT2D eigenvalue weighted by Crippen LogP contribution is 2.41. The molecule has 0 aliphatic carbocycles. The Morgan fingerprint density at radius 3 is 2.05 bits per heavy atom. The predicted molar refractivity (Wildman–Crippen MR) is 88.6 cm³/mol. The molecule has 0 N–H and O–H groups in total. The second-order valence-electron chi connectivity index (χ2n) is 7.13. The standard InChI is InChI=1S/C17H26BNO3/c1-16(2)17(3,4)22-18(21-16)14(12-15(20)19(5)6)13-10-8-7-9-11-13/h7-11,14H,12H2,1-6H3/t14-/m0/s1. The zero-order chi connectivity index (χ0) is 16.5. The molecule has 1 atom stereocenters. The van der Waals surface area contributed by atoms with Gasteiger partial charge in [0.05, 0.1) is 11.2 Å². The molecule has 22 heavy (non-hydrogen) atoms. The lowest BCUT2D eigenvalue weighted by atomic mass is 9.66. The molecule has 0 spiro atoms. The third-order valence-corrected chi connectivity index (χ3v) is 4.72. The molecule has 2 rings (SSSR count). The van der Waals surface area contributed by atoms with Crippen molar-refractivity contribution in [3.05, 3.63) is 35.9 Å². The topological polar surface area (TPSA) is 38.8 Å². The number of rotatable bonds is 4. The van der Waals surface area contributed by atoms with Crippen LogP contribution in [0.5, 0.6) is 0 Å². The van der Waals surface area contributed by atoms with E-state index in [4.69, 9.17) is 9.31 Å². The Balaban J connectivity index is 2.28.